The smallest absolute Gasteiger partial charge is 0.434 e. The number of alkyl halides is 3. The lowest BCUT2D eigenvalue weighted by atomic mass is 9.95. The zero-order valence-electron chi connectivity index (χ0n) is 22.4. The van der Waals surface area contributed by atoms with Crippen molar-refractivity contribution < 1.29 is 27.4 Å². The fourth-order valence-corrected chi connectivity index (χ4v) is 7.56. The summed E-state index contributed by atoms with van der Waals surface area (Å²) in [5, 5.41) is 0.849. The molecule has 3 aromatic carbocycles. The molecule has 0 saturated carbocycles. The summed E-state index contributed by atoms with van der Waals surface area (Å²) in [5.74, 6) is -0.786. The van der Waals surface area contributed by atoms with E-state index in [0.717, 1.165) is 21.5 Å². The molecule has 0 aliphatic carbocycles. The van der Waals surface area contributed by atoms with Gasteiger partial charge in [-0.25, -0.2) is 9.79 Å². The normalized spacial score (nSPS) is 15.2. The molecular weight excluding hydrogens is 819 g/mol. The molecule has 1 aromatic heterocycles. The maximum atomic E-state index is 14.4. The number of nitrogens with zero attached hydrogens (tertiary/aromatic N) is 2. The molecule has 0 unspecified atom stereocenters. The average Bonchev–Trinajstić information content (AvgIpc) is 3.27. The maximum Gasteiger partial charge on any atom is 0.434 e. The van der Waals surface area contributed by atoms with Crippen molar-refractivity contribution in [2.75, 3.05) is 6.61 Å². The van der Waals surface area contributed by atoms with Crippen molar-refractivity contribution in [3.63, 3.8) is 0 Å². The third kappa shape index (κ3) is 6.79. The van der Waals surface area contributed by atoms with E-state index < -0.39 is 35.0 Å². The predicted molar refractivity (Wildman–Crippen MR) is 175 cm³/mol. The average molecular weight is 838 g/mol. The molecule has 1 aliphatic rings. The van der Waals surface area contributed by atoms with Gasteiger partial charge < -0.3 is 9.47 Å². The highest BCUT2D eigenvalue weighted by atomic mass is 127. The third-order valence-electron chi connectivity index (χ3n) is 6.43. The van der Waals surface area contributed by atoms with Gasteiger partial charge in [0.25, 0.3) is 5.56 Å². The van der Waals surface area contributed by atoms with Crippen molar-refractivity contribution in [3.05, 3.63) is 126 Å². The molecule has 4 aromatic rings. The van der Waals surface area contributed by atoms with E-state index in [2.05, 4.69) is 43.5 Å². The summed E-state index contributed by atoms with van der Waals surface area (Å²) in [4.78, 5) is 30.6. The minimum Gasteiger partial charge on any atom is -0.487 e. The summed E-state index contributed by atoms with van der Waals surface area (Å²) >= 11 is 18.7. The van der Waals surface area contributed by atoms with Crippen LogP contribution in [0.4, 0.5) is 13.2 Å². The van der Waals surface area contributed by atoms with Crippen LogP contribution >= 0.6 is 73.1 Å². The molecule has 0 N–H and O–H groups in total. The second kappa shape index (κ2) is 13.4. The molecule has 6 nitrogen and oxygen atoms in total. The zero-order chi connectivity index (χ0) is 31.8. The van der Waals surface area contributed by atoms with Crippen LogP contribution < -0.4 is 19.6 Å². The Balaban J connectivity index is 1.72. The Bertz CT molecular complexity index is 1980. The van der Waals surface area contributed by atoms with Crippen LogP contribution in [0.1, 0.15) is 29.7 Å². The molecule has 5 rings (SSSR count). The molecule has 0 fully saturated rings. The third-order valence-corrected chi connectivity index (χ3v) is 9.30. The lowest BCUT2D eigenvalue weighted by Gasteiger charge is -2.26. The highest BCUT2D eigenvalue weighted by molar-refractivity contribution is 14.1. The topological polar surface area (TPSA) is 69.9 Å². The molecule has 0 saturated heterocycles. The number of hydrogen-bond acceptors (Lipinski definition) is 6. The van der Waals surface area contributed by atoms with Gasteiger partial charge in [-0.15, -0.1) is 0 Å². The first-order chi connectivity index (χ1) is 20.9. The van der Waals surface area contributed by atoms with Gasteiger partial charge in [0, 0.05) is 25.6 Å². The van der Waals surface area contributed by atoms with Crippen molar-refractivity contribution in [2.24, 2.45) is 4.99 Å². The van der Waals surface area contributed by atoms with E-state index in [4.69, 9.17) is 32.7 Å². The van der Waals surface area contributed by atoms with Crippen LogP contribution in [0.15, 0.2) is 86.2 Å². The van der Waals surface area contributed by atoms with Gasteiger partial charge in [0.1, 0.15) is 12.4 Å². The van der Waals surface area contributed by atoms with E-state index in [9.17, 15) is 22.8 Å². The molecule has 1 atom stereocenters. The quantitative estimate of drug-likeness (QED) is 0.142. The van der Waals surface area contributed by atoms with Crippen LogP contribution in [0.2, 0.25) is 10.0 Å². The number of hydrogen-bond donors (Lipinski definition) is 0. The van der Waals surface area contributed by atoms with E-state index >= 15 is 0 Å². The van der Waals surface area contributed by atoms with E-state index in [1.54, 1.807) is 18.2 Å². The molecule has 14 heteroatoms. The van der Waals surface area contributed by atoms with E-state index in [1.165, 1.54) is 37.3 Å². The number of esters is 1. The zero-order valence-corrected chi connectivity index (χ0v) is 28.5. The fourth-order valence-electron chi connectivity index (χ4n) is 4.55. The first-order valence-corrected chi connectivity index (χ1v) is 16.2. The molecule has 44 heavy (non-hydrogen) atoms. The van der Waals surface area contributed by atoms with E-state index in [1.807, 2.05) is 18.2 Å². The van der Waals surface area contributed by atoms with Crippen LogP contribution in [-0.4, -0.2) is 23.3 Å². The van der Waals surface area contributed by atoms with Gasteiger partial charge >= 0.3 is 12.1 Å². The molecule has 0 radical (unpaired) electrons. The molecule has 0 amide bonds. The lowest BCUT2D eigenvalue weighted by Crippen LogP contribution is -2.41. The largest absolute Gasteiger partial charge is 0.487 e. The van der Waals surface area contributed by atoms with Crippen molar-refractivity contribution in [1.29, 1.82) is 0 Å². The summed E-state index contributed by atoms with van der Waals surface area (Å²) in [6, 6.07) is 15.1. The summed E-state index contributed by atoms with van der Waals surface area (Å²) in [6.07, 6.45) is -3.49. The summed E-state index contributed by atoms with van der Waals surface area (Å²) < 4.78 is 56.9. The predicted octanol–water partition coefficient (Wildman–Crippen LogP) is 7.59. The van der Waals surface area contributed by atoms with Gasteiger partial charge in [0.05, 0.1) is 26.3 Å². The van der Waals surface area contributed by atoms with Crippen LogP contribution in [0.5, 0.6) is 5.75 Å². The number of aromatic nitrogens is 1. The first-order valence-electron chi connectivity index (χ1n) is 12.8. The molecule has 2 heterocycles. The van der Waals surface area contributed by atoms with Gasteiger partial charge in [0.15, 0.2) is 10.5 Å². The van der Waals surface area contributed by atoms with Gasteiger partial charge in [-0.2, -0.15) is 13.2 Å². The first kappa shape index (κ1) is 32.7. The monoisotopic (exact) mass is 836 g/mol. The van der Waals surface area contributed by atoms with Gasteiger partial charge in [-0.1, -0.05) is 80.8 Å². The van der Waals surface area contributed by atoms with Gasteiger partial charge in [-0.05, 0) is 71.5 Å². The molecule has 0 bridgehead atoms. The Morgan fingerprint density at radius 3 is 2.52 bits per heavy atom. The van der Waals surface area contributed by atoms with Crippen molar-refractivity contribution in [1.82, 2.24) is 4.57 Å². The number of rotatable bonds is 7. The number of halogens is 7. The Morgan fingerprint density at radius 2 is 1.86 bits per heavy atom. The van der Waals surface area contributed by atoms with Gasteiger partial charge in [-0.3, -0.25) is 9.36 Å². The summed E-state index contributed by atoms with van der Waals surface area (Å²) in [6.45, 7) is 1.43. The van der Waals surface area contributed by atoms with E-state index in [-0.39, 0.29) is 28.1 Å². The van der Waals surface area contributed by atoms with Crippen LogP contribution in [0.25, 0.3) is 6.08 Å². The number of ether oxygens (including phenoxy) is 2. The Hall–Kier alpha value is -2.65. The number of benzene rings is 3. The Labute approximate surface area is 284 Å². The summed E-state index contributed by atoms with van der Waals surface area (Å²) in [5.41, 5.74) is -1.41. The number of fused-ring (bicyclic) bond motifs is 1. The molecule has 228 valence electrons. The SMILES string of the molecule is CCOC(=O)C1=C(C(F)(F)F)N=c2s/c(=C\c3cc(Br)cc(I)c3OCc3ccccc3Cl)c(=O)n2[C@@H]1c1ccc(Cl)cc1. The standard InChI is InChI=1S/C30H19BrCl2F3IN2O4S/c1-2-42-28(41)23-24(15-7-9-19(32)10-8-15)39-27(40)22(44-29(39)38-26(23)30(34,35)36)12-17-11-18(31)13-21(37)25(17)43-14-16-5-3-4-6-20(16)33/h3-13,24H,2,14H2,1H3/b22-12-/t24-/m1/s1. The van der Waals surface area contributed by atoms with Crippen molar-refractivity contribution in [3.8, 4) is 5.75 Å². The fraction of sp³-hybridized carbons (Fsp3) is 0.167. The number of carbonyl (C=O) groups is 1. The van der Waals surface area contributed by atoms with Crippen molar-refractivity contribution >= 4 is 85.1 Å². The van der Waals surface area contributed by atoms with Crippen LogP contribution in [0, 0.1) is 3.57 Å². The Morgan fingerprint density at radius 1 is 1.16 bits per heavy atom. The Kier molecular flexibility index (Phi) is 9.95. The maximum absolute atomic E-state index is 14.4. The number of carbonyl (C=O) groups excluding carboxylic acids is 1. The van der Waals surface area contributed by atoms with Gasteiger partial charge in [0.2, 0.25) is 0 Å². The molecule has 1 aliphatic heterocycles. The second-order valence-electron chi connectivity index (χ2n) is 9.30. The number of allylic oxidation sites excluding steroid dienone is 1. The molecular formula is C30H19BrCl2F3IN2O4S. The highest BCUT2D eigenvalue weighted by Gasteiger charge is 2.45. The van der Waals surface area contributed by atoms with Crippen LogP contribution in [-0.2, 0) is 16.1 Å². The van der Waals surface area contributed by atoms with Crippen LogP contribution in [0.3, 0.4) is 0 Å². The van der Waals surface area contributed by atoms with E-state index in [0.29, 0.717) is 29.4 Å². The highest BCUT2D eigenvalue weighted by Crippen LogP contribution is 2.39. The summed E-state index contributed by atoms with van der Waals surface area (Å²) in [7, 11) is 0. The minimum atomic E-state index is -5.01. The second-order valence-corrected chi connectivity index (χ2v) is 13.2. The molecule has 0 spiro atoms. The lowest BCUT2D eigenvalue weighted by molar-refractivity contribution is -0.140. The minimum absolute atomic E-state index is 0.0749. The van der Waals surface area contributed by atoms with Crippen molar-refractivity contribution in [2.45, 2.75) is 25.7 Å². The number of thiazole rings is 1.